The molecule has 0 amide bonds. The lowest BCUT2D eigenvalue weighted by Crippen LogP contribution is -2.31. The van der Waals surface area contributed by atoms with Crippen LogP contribution in [0.2, 0.25) is 0 Å². The number of aliphatic carboxylic acids is 1. The summed E-state index contributed by atoms with van der Waals surface area (Å²) in [6.07, 6.45) is 9.32. The van der Waals surface area contributed by atoms with Crippen molar-refractivity contribution in [2.24, 2.45) is 0 Å². The second-order valence-corrected chi connectivity index (χ2v) is 11.4. The van der Waals surface area contributed by atoms with Crippen molar-refractivity contribution < 1.29 is 24.9 Å². The highest BCUT2D eigenvalue weighted by molar-refractivity contribution is 5.66. The molecule has 0 aliphatic heterocycles. The Morgan fingerprint density at radius 1 is 1.00 bits per heavy atom. The fourth-order valence-electron chi connectivity index (χ4n) is 6.20. The van der Waals surface area contributed by atoms with Crippen molar-refractivity contribution in [1.82, 2.24) is 0 Å². The second-order valence-electron chi connectivity index (χ2n) is 11.4. The van der Waals surface area contributed by atoms with Crippen molar-refractivity contribution in [2.75, 3.05) is 6.61 Å². The smallest absolute Gasteiger partial charge is 0.303 e. The molecule has 1 saturated carbocycles. The highest BCUT2D eigenvalue weighted by Gasteiger charge is 2.32. The normalized spacial score (nSPS) is 16.3. The van der Waals surface area contributed by atoms with E-state index in [1.807, 2.05) is 13.0 Å². The summed E-state index contributed by atoms with van der Waals surface area (Å²) in [6.45, 7) is 8.89. The zero-order valence-electron chi connectivity index (χ0n) is 23.9. The summed E-state index contributed by atoms with van der Waals surface area (Å²) in [5, 5.41) is 29.9. The van der Waals surface area contributed by atoms with Gasteiger partial charge in [0, 0.05) is 11.8 Å². The molecule has 1 atom stereocenters. The Bertz CT molecular complexity index is 1050. The molecule has 38 heavy (non-hydrogen) atoms. The maximum Gasteiger partial charge on any atom is 0.303 e. The summed E-state index contributed by atoms with van der Waals surface area (Å²) in [6, 6.07) is 13.3. The van der Waals surface area contributed by atoms with Crippen molar-refractivity contribution in [3.8, 4) is 5.75 Å². The number of benzene rings is 2. The minimum absolute atomic E-state index is 0.0591. The van der Waals surface area contributed by atoms with Gasteiger partial charge in [-0.05, 0) is 99.1 Å². The number of hydrogen-bond acceptors (Lipinski definition) is 4. The third-order valence-electron chi connectivity index (χ3n) is 8.83. The monoisotopic (exact) mass is 524 g/mol. The number of aliphatic hydroxyl groups is 2. The van der Waals surface area contributed by atoms with E-state index in [0.717, 1.165) is 62.7 Å². The molecule has 3 N–H and O–H groups in total. The molecule has 5 nitrogen and oxygen atoms in total. The predicted octanol–water partition coefficient (Wildman–Crippen LogP) is 7.03. The number of rotatable bonds is 14. The fraction of sp³-hybridized carbons (Fsp3) is 0.606. The molecule has 0 aromatic heterocycles. The van der Waals surface area contributed by atoms with E-state index in [1.54, 1.807) is 0 Å². The van der Waals surface area contributed by atoms with Gasteiger partial charge in [0.1, 0.15) is 12.4 Å². The Kier molecular flexibility index (Phi) is 10.8. The number of aliphatic hydroxyl groups excluding tert-OH is 1. The summed E-state index contributed by atoms with van der Waals surface area (Å²) in [5.41, 5.74) is 5.64. The van der Waals surface area contributed by atoms with Crippen LogP contribution < -0.4 is 4.74 Å². The maximum absolute atomic E-state index is 11.0. The Labute approximate surface area is 229 Å². The van der Waals surface area contributed by atoms with Crippen LogP contribution in [-0.2, 0) is 16.6 Å². The molecule has 0 unspecified atom stereocenters. The van der Waals surface area contributed by atoms with Crippen LogP contribution in [0, 0.1) is 13.8 Å². The largest absolute Gasteiger partial charge is 0.491 e. The van der Waals surface area contributed by atoms with Crippen molar-refractivity contribution in [2.45, 2.75) is 122 Å². The molecule has 5 heteroatoms. The first-order valence-electron chi connectivity index (χ1n) is 14.6. The van der Waals surface area contributed by atoms with Gasteiger partial charge in [-0.15, -0.1) is 0 Å². The Morgan fingerprint density at radius 2 is 1.63 bits per heavy atom. The van der Waals surface area contributed by atoms with Gasteiger partial charge < -0.3 is 20.1 Å². The highest BCUT2D eigenvalue weighted by atomic mass is 16.5. The average Bonchev–Trinajstić information content (AvgIpc) is 2.89. The van der Waals surface area contributed by atoms with Crippen molar-refractivity contribution in [1.29, 1.82) is 0 Å². The lowest BCUT2D eigenvalue weighted by Gasteiger charge is -2.35. The first-order valence-corrected chi connectivity index (χ1v) is 14.6. The molecule has 0 saturated heterocycles. The molecule has 2 aromatic carbocycles. The van der Waals surface area contributed by atoms with Crippen LogP contribution in [0.4, 0.5) is 0 Å². The molecule has 0 radical (unpaired) electrons. The third-order valence-corrected chi connectivity index (χ3v) is 8.83. The van der Waals surface area contributed by atoms with Crippen molar-refractivity contribution in [3.05, 3.63) is 64.2 Å². The number of carboxylic acids is 1. The lowest BCUT2D eigenvalue weighted by atomic mass is 9.69. The zero-order valence-corrected chi connectivity index (χ0v) is 23.9. The maximum atomic E-state index is 11.0. The van der Waals surface area contributed by atoms with Crippen LogP contribution >= 0.6 is 0 Å². The second kappa shape index (κ2) is 13.6. The molecule has 0 bridgehead atoms. The molecule has 1 aliphatic rings. The van der Waals surface area contributed by atoms with E-state index in [1.165, 1.54) is 28.7 Å². The van der Waals surface area contributed by atoms with E-state index in [2.05, 4.69) is 51.1 Å². The molecule has 2 aromatic rings. The quantitative estimate of drug-likeness (QED) is 0.247. The Balaban J connectivity index is 1.72. The highest BCUT2D eigenvalue weighted by Crippen LogP contribution is 2.41. The van der Waals surface area contributed by atoms with E-state index in [0.29, 0.717) is 12.8 Å². The topological polar surface area (TPSA) is 87.0 Å². The van der Waals surface area contributed by atoms with Gasteiger partial charge in [0.05, 0.1) is 11.7 Å². The van der Waals surface area contributed by atoms with E-state index in [-0.39, 0.29) is 18.4 Å². The summed E-state index contributed by atoms with van der Waals surface area (Å²) >= 11 is 0. The van der Waals surface area contributed by atoms with Crippen molar-refractivity contribution in [3.63, 3.8) is 0 Å². The molecule has 0 spiro atoms. The molecular weight excluding hydrogens is 476 g/mol. The minimum atomic E-state index is -0.845. The van der Waals surface area contributed by atoms with Gasteiger partial charge in [-0.1, -0.05) is 63.4 Å². The number of carboxylic acid groups (broad SMARTS) is 1. The van der Waals surface area contributed by atoms with E-state index in [9.17, 15) is 15.0 Å². The number of hydrogen-bond donors (Lipinski definition) is 3. The van der Waals surface area contributed by atoms with Gasteiger partial charge in [0.25, 0.3) is 0 Å². The van der Waals surface area contributed by atoms with E-state index in [4.69, 9.17) is 9.84 Å². The van der Waals surface area contributed by atoms with E-state index >= 15 is 0 Å². The van der Waals surface area contributed by atoms with Gasteiger partial charge in [0.2, 0.25) is 0 Å². The van der Waals surface area contributed by atoms with Crippen LogP contribution in [0.5, 0.6) is 5.75 Å². The van der Waals surface area contributed by atoms with Crippen molar-refractivity contribution >= 4 is 5.97 Å². The first kappa shape index (κ1) is 30.2. The summed E-state index contributed by atoms with van der Waals surface area (Å²) in [4.78, 5) is 10.7. The molecule has 1 aliphatic carbocycles. The number of aryl methyl sites for hydroxylation is 3. The van der Waals surface area contributed by atoms with Crippen LogP contribution in [0.3, 0.4) is 0 Å². The summed E-state index contributed by atoms with van der Waals surface area (Å²) in [5.74, 6) is -0.0953. The van der Waals surface area contributed by atoms with Gasteiger partial charge in [-0.2, -0.15) is 0 Å². The molecule has 0 heterocycles. The molecule has 210 valence electrons. The Hall–Kier alpha value is -2.37. The summed E-state index contributed by atoms with van der Waals surface area (Å²) in [7, 11) is 0. The molecule has 1 fully saturated rings. The van der Waals surface area contributed by atoms with E-state index < -0.39 is 17.7 Å². The Morgan fingerprint density at radius 3 is 2.21 bits per heavy atom. The minimum Gasteiger partial charge on any atom is -0.491 e. The summed E-state index contributed by atoms with van der Waals surface area (Å²) < 4.78 is 5.90. The van der Waals surface area contributed by atoms with Crippen LogP contribution in [0.25, 0.3) is 0 Å². The van der Waals surface area contributed by atoms with Gasteiger partial charge >= 0.3 is 5.97 Å². The number of carbonyl (C=O) groups is 1. The molecule has 3 rings (SSSR count). The van der Waals surface area contributed by atoms with Crippen LogP contribution in [0.15, 0.2) is 36.4 Å². The van der Waals surface area contributed by atoms with Gasteiger partial charge in [-0.25, -0.2) is 0 Å². The predicted molar refractivity (Wildman–Crippen MR) is 153 cm³/mol. The SMILES string of the molecule is CCC(CC)(c1ccc(CCC2(O)CCCCC2)c(C)c1)c1ccc(OC[C@@H](O)CCCC(=O)O)c(C)c1. The van der Waals surface area contributed by atoms with Gasteiger partial charge in [0.15, 0.2) is 0 Å². The zero-order chi connectivity index (χ0) is 27.8. The van der Waals surface area contributed by atoms with Crippen LogP contribution in [0.1, 0.15) is 112 Å². The first-order chi connectivity index (χ1) is 18.1. The van der Waals surface area contributed by atoms with Crippen LogP contribution in [-0.4, -0.2) is 39.6 Å². The number of ether oxygens (including phenoxy) is 1. The fourth-order valence-corrected chi connectivity index (χ4v) is 6.20. The lowest BCUT2D eigenvalue weighted by molar-refractivity contribution is -0.137. The third kappa shape index (κ3) is 7.60. The standard InChI is InChI=1S/C33H48O5/c1-5-33(6-2,27-14-13-26(24(3)21-27)17-20-32(37)18-8-7-9-19-32)28-15-16-30(25(4)22-28)38-23-29(34)11-10-12-31(35)36/h13-16,21-22,29,34,37H,5-12,17-20,23H2,1-4H3,(H,35,36)/t29-/m0/s1. The molecular formula is C33H48O5. The average molecular weight is 525 g/mol. The van der Waals surface area contributed by atoms with Gasteiger partial charge in [-0.3, -0.25) is 4.79 Å².